The summed E-state index contributed by atoms with van der Waals surface area (Å²) in [6.45, 7) is 1.61. The molecule has 0 rings (SSSR count). The van der Waals surface area contributed by atoms with Crippen molar-refractivity contribution in [1.82, 2.24) is 10.7 Å². The Morgan fingerprint density at radius 1 is 0.867 bits per heavy atom. The van der Waals surface area contributed by atoms with Crippen molar-refractivity contribution < 1.29 is 4.79 Å². The second-order valence-corrected chi connectivity index (χ2v) is 3.72. The van der Waals surface area contributed by atoms with Crippen molar-refractivity contribution in [3.05, 3.63) is 0 Å². The van der Waals surface area contributed by atoms with Crippen molar-refractivity contribution in [2.45, 2.75) is 44.9 Å². The van der Waals surface area contributed by atoms with Crippen LogP contribution in [0, 0.1) is 0 Å². The van der Waals surface area contributed by atoms with E-state index >= 15 is 0 Å². The Bertz CT molecular complexity index is 152. The number of hydrogen-bond acceptors (Lipinski definition) is 3. The third-order valence-electron chi connectivity index (χ3n) is 2.30. The van der Waals surface area contributed by atoms with E-state index < -0.39 is 6.03 Å². The molecule has 90 valence electrons. The fraction of sp³-hybridized carbons (Fsp3) is 0.900. The SMILES string of the molecule is NNCCCCCCCCCNC(N)=O. The van der Waals surface area contributed by atoms with Gasteiger partial charge in [0.05, 0.1) is 0 Å². The summed E-state index contributed by atoms with van der Waals surface area (Å²) in [4.78, 5) is 10.3. The summed E-state index contributed by atoms with van der Waals surface area (Å²) >= 11 is 0. The van der Waals surface area contributed by atoms with Crippen LogP contribution >= 0.6 is 0 Å². The molecule has 6 N–H and O–H groups in total. The van der Waals surface area contributed by atoms with Crippen LogP contribution in [0.1, 0.15) is 44.9 Å². The fourth-order valence-electron chi connectivity index (χ4n) is 1.45. The molecule has 0 bridgehead atoms. The molecule has 0 saturated carbocycles. The van der Waals surface area contributed by atoms with Crippen LogP contribution < -0.4 is 22.3 Å². The van der Waals surface area contributed by atoms with E-state index in [1.54, 1.807) is 0 Å². The molecule has 0 unspecified atom stereocenters. The molecule has 5 nitrogen and oxygen atoms in total. The molecule has 2 amide bonds. The van der Waals surface area contributed by atoms with Gasteiger partial charge in [-0.3, -0.25) is 11.3 Å². The van der Waals surface area contributed by atoms with E-state index in [4.69, 9.17) is 11.6 Å². The smallest absolute Gasteiger partial charge is 0.312 e. The van der Waals surface area contributed by atoms with E-state index in [9.17, 15) is 4.79 Å². The molecule has 0 aliphatic carbocycles. The Hall–Kier alpha value is -0.810. The van der Waals surface area contributed by atoms with Gasteiger partial charge in [0, 0.05) is 13.1 Å². The molecular formula is C10H24N4O. The van der Waals surface area contributed by atoms with Crippen molar-refractivity contribution in [3.8, 4) is 0 Å². The standard InChI is InChI=1S/C10H24N4O/c11-10(15)13-8-6-4-2-1-3-5-7-9-14-12/h14H,1-9,12H2,(H3,11,13,15). The summed E-state index contributed by atoms with van der Waals surface area (Å²) in [5.41, 5.74) is 7.58. The maximum absolute atomic E-state index is 10.3. The average molecular weight is 216 g/mol. The van der Waals surface area contributed by atoms with Crippen LogP contribution in [0.2, 0.25) is 0 Å². The first-order chi connectivity index (χ1) is 7.27. The minimum Gasteiger partial charge on any atom is -0.352 e. The zero-order valence-electron chi connectivity index (χ0n) is 9.43. The van der Waals surface area contributed by atoms with Crippen LogP contribution in [0.3, 0.4) is 0 Å². The highest BCUT2D eigenvalue weighted by atomic mass is 16.2. The molecule has 0 radical (unpaired) electrons. The van der Waals surface area contributed by atoms with Gasteiger partial charge < -0.3 is 11.1 Å². The van der Waals surface area contributed by atoms with E-state index in [0.717, 1.165) is 25.8 Å². The molecule has 0 aromatic heterocycles. The van der Waals surface area contributed by atoms with Crippen molar-refractivity contribution in [1.29, 1.82) is 0 Å². The highest BCUT2D eigenvalue weighted by Crippen LogP contribution is 2.06. The maximum Gasteiger partial charge on any atom is 0.312 e. The van der Waals surface area contributed by atoms with Crippen LogP contribution in [0.25, 0.3) is 0 Å². The van der Waals surface area contributed by atoms with E-state index in [1.807, 2.05) is 0 Å². The van der Waals surface area contributed by atoms with E-state index in [-0.39, 0.29) is 0 Å². The van der Waals surface area contributed by atoms with Crippen molar-refractivity contribution >= 4 is 6.03 Å². The lowest BCUT2D eigenvalue weighted by atomic mass is 10.1. The third kappa shape index (κ3) is 13.2. The normalized spacial score (nSPS) is 10.2. The lowest BCUT2D eigenvalue weighted by Gasteiger charge is -2.02. The zero-order valence-corrected chi connectivity index (χ0v) is 9.43. The van der Waals surface area contributed by atoms with Gasteiger partial charge in [0.25, 0.3) is 0 Å². The lowest BCUT2D eigenvalue weighted by molar-refractivity contribution is 0.248. The van der Waals surface area contributed by atoms with E-state index in [0.29, 0.717) is 6.54 Å². The van der Waals surface area contributed by atoms with Gasteiger partial charge in [-0.05, 0) is 12.8 Å². The van der Waals surface area contributed by atoms with Crippen molar-refractivity contribution in [2.75, 3.05) is 13.1 Å². The number of hydrogen-bond donors (Lipinski definition) is 4. The summed E-state index contributed by atoms with van der Waals surface area (Å²) in [7, 11) is 0. The Morgan fingerprint density at radius 2 is 1.33 bits per heavy atom. The van der Waals surface area contributed by atoms with Crippen LogP contribution in [-0.2, 0) is 0 Å². The minimum atomic E-state index is -0.427. The first-order valence-electron chi connectivity index (χ1n) is 5.74. The lowest BCUT2D eigenvalue weighted by Crippen LogP contribution is -2.29. The Balaban J connectivity index is 2.89. The van der Waals surface area contributed by atoms with Crippen LogP contribution in [-0.4, -0.2) is 19.1 Å². The molecular weight excluding hydrogens is 192 g/mol. The third-order valence-corrected chi connectivity index (χ3v) is 2.30. The Morgan fingerprint density at radius 3 is 1.80 bits per heavy atom. The number of primary amides is 1. The number of rotatable bonds is 10. The van der Waals surface area contributed by atoms with Gasteiger partial charge in [-0.2, -0.15) is 0 Å². The van der Waals surface area contributed by atoms with Crippen molar-refractivity contribution in [3.63, 3.8) is 0 Å². The largest absolute Gasteiger partial charge is 0.352 e. The molecule has 0 aromatic carbocycles. The van der Waals surface area contributed by atoms with Crippen LogP contribution in [0.4, 0.5) is 4.79 Å². The molecule has 0 aromatic rings. The number of nitrogens with one attached hydrogen (secondary N) is 2. The van der Waals surface area contributed by atoms with E-state index in [1.165, 1.54) is 25.7 Å². The number of unbranched alkanes of at least 4 members (excludes halogenated alkanes) is 6. The summed E-state index contributed by atoms with van der Waals surface area (Å²) in [6.07, 6.45) is 8.34. The van der Waals surface area contributed by atoms with Crippen LogP contribution in [0.5, 0.6) is 0 Å². The minimum absolute atomic E-state index is 0.427. The molecule has 15 heavy (non-hydrogen) atoms. The molecule has 0 heterocycles. The molecule has 0 saturated heterocycles. The Kier molecular flexibility index (Phi) is 10.7. The maximum atomic E-state index is 10.3. The van der Waals surface area contributed by atoms with Gasteiger partial charge in [0.15, 0.2) is 0 Å². The number of carbonyl (C=O) groups is 1. The van der Waals surface area contributed by atoms with Gasteiger partial charge >= 0.3 is 6.03 Å². The van der Waals surface area contributed by atoms with Gasteiger partial charge in [0.2, 0.25) is 0 Å². The van der Waals surface area contributed by atoms with E-state index in [2.05, 4.69) is 10.7 Å². The first kappa shape index (κ1) is 14.2. The summed E-state index contributed by atoms with van der Waals surface area (Å²) < 4.78 is 0. The molecule has 5 heteroatoms. The number of amides is 2. The Labute approximate surface area is 91.9 Å². The zero-order chi connectivity index (χ0) is 11.4. The molecule has 0 atom stereocenters. The summed E-state index contributed by atoms with van der Waals surface area (Å²) in [5, 5.41) is 2.58. The monoisotopic (exact) mass is 216 g/mol. The predicted octanol–water partition coefficient (Wildman–Crippen LogP) is 0.849. The number of hydrazine groups is 1. The first-order valence-corrected chi connectivity index (χ1v) is 5.74. The average Bonchev–Trinajstić information content (AvgIpc) is 2.20. The molecule has 0 aliphatic rings. The highest BCUT2D eigenvalue weighted by Gasteiger charge is 1.93. The van der Waals surface area contributed by atoms with Crippen LogP contribution in [0.15, 0.2) is 0 Å². The highest BCUT2D eigenvalue weighted by molar-refractivity contribution is 5.71. The molecule has 0 spiro atoms. The number of carbonyl (C=O) groups excluding carboxylic acids is 1. The molecule has 0 fully saturated rings. The molecule has 0 aliphatic heterocycles. The number of urea groups is 1. The second kappa shape index (κ2) is 11.3. The second-order valence-electron chi connectivity index (χ2n) is 3.72. The van der Waals surface area contributed by atoms with Crippen molar-refractivity contribution in [2.24, 2.45) is 11.6 Å². The summed E-state index contributed by atoms with van der Waals surface area (Å²) in [6, 6.07) is -0.427. The van der Waals surface area contributed by atoms with Gasteiger partial charge in [-0.1, -0.05) is 32.1 Å². The number of nitrogens with two attached hydrogens (primary N) is 2. The topological polar surface area (TPSA) is 93.2 Å². The predicted molar refractivity (Wildman–Crippen MR) is 62.1 cm³/mol. The summed E-state index contributed by atoms with van der Waals surface area (Å²) in [5.74, 6) is 5.15. The van der Waals surface area contributed by atoms with Gasteiger partial charge in [0.1, 0.15) is 0 Å². The van der Waals surface area contributed by atoms with Gasteiger partial charge in [-0.25, -0.2) is 4.79 Å². The quantitative estimate of drug-likeness (QED) is 0.248. The fourth-order valence-corrected chi connectivity index (χ4v) is 1.45. The van der Waals surface area contributed by atoms with Gasteiger partial charge in [-0.15, -0.1) is 0 Å².